The van der Waals surface area contributed by atoms with E-state index in [1.54, 1.807) is 0 Å². The summed E-state index contributed by atoms with van der Waals surface area (Å²) in [6.45, 7) is 5.47. The number of thioether (sulfide) groups is 1. The summed E-state index contributed by atoms with van der Waals surface area (Å²) in [5.41, 5.74) is 1.09. The number of anilines is 1. The van der Waals surface area contributed by atoms with E-state index in [9.17, 15) is 0 Å². The highest BCUT2D eigenvalue weighted by Gasteiger charge is 2.30. The van der Waals surface area contributed by atoms with Crippen LogP contribution in [-0.2, 0) is 6.54 Å². The fourth-order valence-corrected chi connectivity index (χ4v) is 3.49. The van der Waals surface area contributed by atoms with Gasteiger partial charge in [-0.25, -0.2) is 4.98 Å². The molecule has 3 nitrogen and oxygen atoms in total. The lowest BCUT2D eigenvalue weighted by atomic mass is 10.1. The zero-order chi connectivity index (χ0) is 10.9. The van der Waals surface area contributed by atoms with Crippen molar-refractivity contribution in [3.8, 4) is 0 Å². The van der Waals surface area contributed by atoms with Gasteiger partial charge in [-0.05, 0) is 32.4 Å². The Hall–Kier alpha value is -0.640. The molecule has 1 atom stereocenters. The van der Waals surface area contributed by atoms with Crippen molar-refractivity contribution >= 4 is 17.7 Å². The molecule has 15 heavy (non-hydrogen) atoms. The Labute approximate surface area is 95.7 Å². The summed E-state index contributed by atoms with van der Waals surface area (Å²) in [5, 5.41) is 3.15. The van der Waals surface area contributed by atoms with Gasteiger partial charge in [0.05, 0.1) is 5.69 Å². The smallest absolute Gasteiger partial charge is 0.202 e. The molecule has 2 heterocycles. The molecule has 1 aromatic heterocycles. The zero-order valence-electron chi connectivity index (χ0n) is 9.71. The van der Waals surface area contributed by atoms with Crippen molar-refractivity contribution < 1.29 is 0 Å². The fraction of sp³-hybridized carbons (Fsp3) is 0.727. The lowest BCUT2D eigenvalue weighted by molar-refractivity contribution is 0.513. The van der Waals surface area contributed by atoms with E-state index in [0.717, 1.165) is 18.2 Å². The third-order valence-electron chi connectivity index (χ3n) is 2.93. The van der Waals surface area contributed by atoms with Crippen LogP contribution in [-0.4, -0.2) is 27.1 Å². The number of hydrogen-bond acceptors (Lipinski definition) is 3. The van der Waals surface area contributed by atoms with Crippen molar-refractivity contribution in [1.29, 1.82) is 0 Å². The van der Waals surface area contributed by atoms with Gasteiger partial charge < -0.3 is 9.88 Å². The number of aryl methyl sites for hydroxylation is 1. The van der Waals surface area contributed by atoms with Gasteiger partial charge in [0.25, 0.3) is 0 Å². The van der Waals surface area contributed by atoms with Gasteiger partial charge in [0.15, 0.2) is 0 Å². The standard InChI is InChI=1S/C11H19N3S/c1-9-7-14(10(12-3)13-9)8-11(2)5-4-6-15-11/h7H,4-6,8H2,1-3H3,(H,12,13). The van der Waals surface area contributed by atoms with Gasteiger partial charge in [-0.1, -0.05) is 0 Å². The molecule has 1 aliphatic heterocycles. The third kappa shape index (κ3) is 2.30. The van der Waals surface area contributed by atoms with E-state index in [2.05, 4.69) is 39.8 Å². The van der Waals surface area contributed by atoms with Gasteiger partial charge in [-0.15, -0.1) is 0 Å². The Bertz CT molecular complexity index is 340. The summed E-state index contributed by atoms with van der Waals surface area (Å²) >= 11 is 2.09. The minimum Gasteiger partial charge on any atom is -0.359 e. The number of imidazole rings is 1. The topological polar surface area (TPSA) is 29.9 Å². The minimum absolute atomic E-state index is 0.402. The van der Waals surface area contributed by atoms with Crippen LogP contribution in [0.25, 0.3) is 0 Å². The summed E-state index contributed by atoms with van der Waals surface area (Å²) < 4.78 is 2.65. The number of nitrogens with one attached hydrogen (secondary N) is 1. The molecule has 1 N–H and O–H groups in total. The highest BCUT2D eigenvalue weighted by atomic mass is 32.2. The Morgan fingerprint density at radius 3 is 3.07 bits per heavy atom. The van der Waals surface area contributed by atoms with Gasteiger partial charge in [-0.2, -0.15) is 11.8 Å². The predicted molar refractivity (Wildman–Crippen MR) is 66.6 cm³/mol. The molecule has 1 unspecified atom stereocenters. The molecule has 0 amide bonds. The van der Waals surface area contributed by atoms with Crippen molar-refractivity contribution in [3.05, 3.63) is 11.9 Å². The fourth-order valence-electron chi connectivity index (χ4n) is 2.19. The average Bonchev–Trinajstić information content (AvgIpc) is 2.73. The first-order valence-electron chi connectivity index (χ1n) is 5.48. The number of nitrogens with zero attached hydrogens (tertiary/aromatic N) is 2. The molecule has 1 aliphatic rings. The minimum atomic E-state index is 0.402. The number of aromatic nitrogens is 2. The van der Waals surface area contributed by atoms with Gasteiger partial charge in [0.1, 0.15) is 0 Å². The van der Waals surface area contributed by atoms with Crippen molar-refractivity contribution in [1.82, 2.24) is 9.55 Å². The van der Waals surface area contributed by atoms with Crippen molar-refractivity contribution in [2.45, 2.75) is 38.0 Å². The van der Waals surface area contributed by atoms with Crippen LogP contribution >= 0.6 is 11.8 Å². The normalized spacial score (nSPS) is 25.8. The van der Waals surface area contributed by atoms with Crippen molar-refractivity contribution in [3.63, 3.8) is 0 Å². The third-order valence-corrected chi connectivity index (χ3v) is 4.45. The first-order chi connectivity index (χ1) is 7.13. The molecule has 84 valence electrons. The van der Waals surface area contributed by atoms with E-state index in [-0.39, 0.29) is 0 Å². The highest BCUT2D eigenvalue weighted by molar-refractivity contribution is 8.00. The highest BCUT2D eigenvalue weighted by Crippen LogP contribution is 2.39. The first kappa shape index (κ1) is 10.9. The molecule has 1 fully saturated rings. The Morgan fingerprint density at radius 1 is 1.67 bits per heavy atom. The van der Waals surface area contributed by atoms with Crippen LogP contribution < -0.4 is 5.32 Å². The lowest BCUT2D eigenvalue weighted by Gasteiger charge is -2.23. The lowest BCUT2D eigenvalue weighted by Crippen LogP contribution is -2.24. The van der Waals surface area contributed by atoms with Gasteiger partial charge in [0.2, 0.25) is 5.95 Å². The molecule has 0 aliphatic carbocycles. The summed E-state index contributed by atoms with van der Waals surface area (Å²) in [6, 6.07) is 0. The second-order valence-electron chi connectivity index (χ2n) is 4.49. The molecular formula is C11H19N3S. The molecule has 0 aromatic carbocycles. The SMILES string of the molecule is CNc1nc(C)cn1CC1(C)CCCS1. The summed E-state index contributed by atoms with van der Waals surface area (Å²) in [7, 11) is 1.93. The quantitative estimate of drug-likeness (QED) is 0.857. The molecule has 0 radical (unpaired) electrons. The van der Waals surface area contributed by atoms with E-state index < -0.39 is 0 Å². The van der Waals surface area contributed by atoms with Crippen LogP contribution in [0.1, 0.15) is 25.5 Å². The molecule has 2 rings (SSSR count). The van der Waals surface area contributed by atoms with Gasteiger partial charge in [0, 0.05) is 24.5 Å². The maximum atomic E-state index is 4.44. The second kappa shape index (κ2) is 4.08. The number of rotatable bonds is 3. The Balaban J connectivity index is 2.15. The van der Waals surface area contributed by atoms with Crippen LogP contribution in [0.15, 0.2) is 6.20 Å². The van der Waals surface area contributed by atoms with Crippen LogP contribution in [0.5, 0.6) is 0 Å². The second-order valence-corrected chi connectivity index (χ2v) is 6.17. The van der Waals surface area contributed by atoms with E-state index in [1.807, 2.05) is 14.0 Å². The van der Waals surface area contributed by atoms with Crippen LogP contribution in [0.3, 0.4) is 0 Å². The summed E-state index contributed by atoms with van der Waals surface area (Å²) in [6.07, 6.45) is 4.80. The van der Waals surface area contributed by atoms with Gasteiger partial charge in [-0.3, -0.25) is 0 Å². The largest absolute Gasteiger partial charge is 0.359 e. The molecular weight excluding hydrogens is 206 g/mol. The van der Waals surface area contributed by atoms with Gasteiger partial charge >= 0.3 is 0 Å². The molecule has 1 saturated heterocycles. The molecule has 1 aromatic rings. The predicted octanol–water partition coefficient (Wildman–Crippen LogP) is 2.52. The van der Waals surface area contributed by atoms with Crippen LogP contribution in [0.4, 0.5) is 5.95 Å². The zero-order valence-corrected chi connectivity index (χ0v) is 10.5. The van der Waals surface area contributed by atoms with Crippen LogP contribution in [0, 0.1) is 6.92 Å². The van der Waals surface area contributed by atoms with E-state index in [1.165, 1.54) is 18.6 Å². The van der Waals surface area contributed by atoms with Crippen LogP contribution in [0.2, 0.25) is 0 Å². The van der Waals surface area contributed by atoms with E-state index in [4.69, 9.17) is 0 Å². The maximum Gasteiger partial charge on any atom is 0.202 e. The molecule has 0 spiro atoms. The van der Waals surface area contributed by atoms with E-state index in [0.29, 0.717) is 4.75 Å². The first-order valence-corrected chi connectivity index (χ1v) is 6.47. The maximum absolute atomic E-state index is 4.44. The Kier molecular flexibility index (Phi) is 2.96. The average molecular weight is 225 g/mol. The monoisotopic (exact) mass is 225 g/mol. The van der Waals surface area contributed by atoms with E-state index >= 15 is 0 Å². The summed E-state index contributed by atoms with van der Waals surface area (Å²) in [4.78, 5) is 4.44. The van der Waals surface area contributed by atoms with Crippen molar-refractivity contribution in [2.24, 2.45) is 0 Å². The van der Waals surface area contributed by atoms with Crippen molar-refractivity contribution in [2.75, 3.05) is 18.1 Å². The molecule has 4 heteroatoms. The Morgan fingerprint density at radius 2 is 2.47 bits per heavy atom. The molecule has 0 saturated carbocycles. The summed E-state index contributed by atoms with van der Waals surface area (Å²) in [5.74, 6) is 2.29. The molecule has 0 bridgehead atoms. The number of hydrogen-bond donors (Lipinski definition) is 1.